The highest BCUT2D eigenvalue weighted by molar-refractivity contribution is 6.01. The van der Waals surface area contributed by atoms with Gasteiger partial charge in [0.1, 0.15) is 18.2 Å². The topological polar surface area (TPSA) is 131 Å². The molecule has 10 nitrogen and oxygen atoms in total. The number of benzene rings is 1. The number of methoxy groups -OCH3 is 1. The lowest BCUT2D eigenvalue weighted by Crippen LogP contribution is -2.47. The van der Waals surface area contributed by atoms with Crippen LogP contribution in [0.25, 0.3) is 0 Å². The predicted molar refractivity (Wildman–Crippen MR) is 119 cm³/mol. The molecule has 1 aromatic rings. The average Bonchev–Trinajstić information content (AvgIpc) is 3.41. The Bertz CT molecular complexity index is 923. The van der Waals surface area contributed by atoms with E-state index in [1.807, 2.05) is 30.3 Å². The van der Waals surface area contributed by atoms with Gasteiger partial charge in [-0.3, -0.25) is 4.79 Å². The summed E-state index contributed by atoms with van der Waals surface area (Å²) in [7, 11) is 1.16. The molecule has 10 heteroatoms. The summed E-state index contributed by atoms with van der Waals surface area (Å²) in [6.45, 7) is 5.04. The first-order valence-corrected chi connectivity index (χ1v) is 11.3. The molecule has 0 radical (unpaired) electrons. The fraction of sp³-hybridized carbons (Fsp3) is 0.583. The van der Waals surface area contributed by atoms with Crippen molar-refractivity contribution in [1.82, 2.24) is 10.2 Å². The molecular weight excluding hydrogens is 444 g/mol. The van der Waals surface area contributed by atoms with Gasteiger partial charge in [-0.25, -0.2) is 19.3 Å². The summed E-state index contributed by atoms with van der Waals surface area (Å²) in [5.74, 6) is -2.49. The van der Waals surface area contributed by atoms with Crippen LogP contribution in [0.3, 0.4) is 0 Å². The summed E-state index contributed by atoms with van der Waals surface area (Å²) in [5, 5.41) is 13.7. The fourth-order valence-corrected chi connectivity index (χ4v) is 4.02. The van der Waals surface area contributed by atoms with Gasteiger partial charge in [-0.1, -0.05) is 30.3 Å². The van der Waals surface area contributed by atoms with E-state index in [4.69, 9.17) is 14.2 Å². The Morgan fingerprint density at radius 1 is 1.21 bits per heavy atom. The maximum Gasteiger partial charge on any atom is 0.417 e. The molecule has 0 bridgehead atoms. The second-order valence-corrected chi connectivity index (χ2v) is 9.81. The zero-order chi connectivity index (χ0) is 25.1. The summed E-state index contributed by atoms with van der Waals surface area (Å²) in [4.78, 5) is 50.9. The van der Waals surface area contributed by atoms with Crippen LogP contribution in [0.5, 0.6) is 0 Å². The maximum absolute atomic E-state index is 13.0. The number of ether oxygens (including phenoxy) is 3. The minimum Gasteiger partial charge on any atom is -0.467 e. The van der Waals surface area contributed by atoms with E-state index in [-0.39, 0.29) is 19.4 Å². The van der Waals surface area contributed by atoms with Crippen LogP contribution in [-0.2, 0) is 30.4 Å². The highest BCUT2D eigenvalue weighted by Crippen LogP contribution is 2.42. The molecule has 1 aromatic carbocycles. The van der Waals surface area contributed by atoms with Crippen molar-refractivity contribution in [3.63, 3.8) is 0 Å². The molecule has 186 valence electrons. The van der Waals surface area contributed by atoms with Gasteiger partial charge in [-0.05, 0) is 52.0 Å². The van der Waals surface area contributed by atoms with Crippen molar-refractivity contribution in [3.8, 4) is 0 Å². The molecule has 1 aliphatic carbocycles. The van der Waals surface area contributed by atoms with Gasteiger partial charge in [-0.2, -0.15) is 0 Å². The monoisotopic (exact) mass is 476 g/mol. The summed E-state index contributed by atoms with van der Waals surface area (Å²) < 4.78 is 15.3. The lowest BCUT2D eigenvalue weighted by atomic mass is 9.92. The van der Waals surface area contributed by atoms with Gasteiger partial charge in [0.15, 0.2) is 0 Å². The third kappa shape index (κ3) is 6.25. The van der Waals surface area contributed by atoms with Crippen LogP contribution < -0.4 is 5.32 Å². The standard InChI is InChI=1S/C24H32N2O8/c1-23(2,3)34-22(31)26-17(20(29)32-4)12-16(19(26)28)18(27)13-24(10-11-24)25-21(30)33-14-15-8-6-5-7-9-15/h5-9,16-18,27H,10-14H2,1-4H3,(H,25,30)/t16?,17-,18?/m0/s1. The minimum absolute atomic E-state index is 0.0832. The number of aliphatic hydroxyl groups excluding tert-OH is 1. The first-order chi connectivity index (χ1) is 15.9. The second-order valence-electron chi connectivity index (χ2n) is 9.81. The summed E-state index contributed by atoms with van der Waals surface area (Å²) in [6.07, 6.45) is -1.56. The van der Waals surface area contributed by atoms with Crippen molar-refractivity contribution in [2.75, 3.05) is 7.11 Å². The Morgan fingerprint density at radius 2 is 1.85 bits per heavy atom. The van der Waals surface area contributed by atoms with Crippen LogP contribution in [0.1, 0.15) is 52.0 Å². The third-order valence-corrected chi connectivity index (χ3v) is 5.90. The molecule has 1 saturated heterocycles. The zero-order valence-corrected chi connectivity index (χ0v) is 19.9. The number of alkyl carbamates (subject to hydrolysis) is 1. The number of nitrogens with zero attached hydrogens (tertiary/aromatic N) is 1. The number of nitrogens with one attached hydrogen (secondary N) is 1. The van der Waals surface area contributed by atoms with Crippen molar-refractivity contribution in [3.05, 3.63) is 35.9 Å². The van der Waals surface area contributed by atoms with Gasteiger partial charge in [0.25, 0.3) is 0 Å². The Morgan fingerprint density at radius 3 is 2.41 bits per heavy atom. The second kappa shape index (κ2) is 10.0. The van der Waals surface area contributed by atoms with Crippen LogP contribution >= 0.6 is 0 Å². The normalized spacial score (nSPS) is 22.0. The number of carbonyl (C=O) groups is 4. The van der Waals surface area contributed by atoms with Crippen molar-refractivity contribution < 1.29 is 38.5 Å². The zero-order valence-electron chi connectivity index (χ0n) is 19.9. The van der Waals surface area contributed by atoms with Crippen molar-refractivity contribution in [2.24, 2.45) is 5.92 Å². The Labute approximate surface area is 198 Å². The van der Waals surface area contributed by atoms with Crippen LogP contribution in [0, 0.1) is 5.92 Å². The quantitative estimate of drug-likeness (QED) is 0.453. The van der Waals surface area contributed by atoms with Gasteiger partial charge < -0.3 is 24.6 Å². The molecule has 0 spiro atoms. The molecule has 1 saturated carbocycles. The van der Waals surface area contributed by atoms with Crippen molar-refractivity contribution in [1.29, 1.82) is 0 Å². The number of aliphatic hydroxyl groups is 1. The van der Waals surface area contributed by atoms with Gasteiger partial charge >= 0.3 is 18.2 Å². The van der Waals surface area contributed by atoms with E-state index in [0.717, 1.165) is 17.6 Å². The van der Waals surface area contributed by atoms with E-state index in [1.54, 1.807) is 20.8 Å². The van der Waals surface area contributed by atoms with E-state index in [2.05, 4.69) is 5.32 Å². The SMILES string of the molecule is COC(=O)[C@@H]1CC(C(O)CC2(NC(=O)OCc3ccccc3)CC2)C(=O)N1C(=O)OC(C)(C)C. The summed E-state index contributed by atoms with van der Waals surface area (Å²) in [5.41, 5.74) is -0.736. The summed E-state index contributed by atoms with van der Waals surface area (Å²) in [6, 6.07) is 8.04. The Hall–Kier alpha value is -3.14. The largest absolute Gasteiger partial charge is 0.467 e. The van der Waals surface area contributed by atoms with Crippen LogP contribution in [0.2, 0.25) is 0 Å². The van der Waals surface area contributed by atoms with Gasteiger partial charge in [-0.15, -0.1) is 0 Å². The number of imide groups is 1. The third-order valence-electron chi connectivity index (χ3n) is 5.90. The fourth-order valence-electron chi connectivity index (χ4n) is 4.02. The van der Waals surface area contributed by atoms with Crippen molar-refractivity contribution >= 4 is 24.1 Å². The van der Waals surface area contributed by atoms with Crippen LogP contribution in [-0.4, -0.2) is 64.5 Å². The van der Waals surface area contributed by atoms with E-state index in [0.29, 0.717) is 12.8 Å². The molecule has 2 N–H and O–H groups in total. The molecule has 3 rings (SSSR count). The molecular formula is C24H32N2O8. The minimum atomic E-state index is -1.19. The van der Waals surface area contributed by atoms with E-state index in [9.17, 15) is 24.3 Å². The Kier molecular flexibility index (Phi) is 7.50. The van der Waals surface area contributed by atoms with Gasteiger partial charge in [0.05, 0.1) is 19.1 Å². The van der Waals surface area contributed by atoms with E-state index in [1.165, 1.54) is 0 Å². The molecule has 34 heavy (non-hydrogen) atoms. The summed E-state index contributed by atoms with van der Waals surface area (Å²) >= 11 is 0. The number of amides is 3. The lowest BCUT2D eigenvalue weighted by molar-refractivity contribution is -0.149. The number of likely N-dealkylation sites (tertiary alicyclic amines) is 1. The molecule has 0 aromatic heterocycles. The lowest BCUT2D eigenvalue weighted by Gasteiger charge is -2.26. The molecule has 2 aliphatic rings. The van der Waals surface area contributed by atoms with Gasteiger partial charge in [0.2, 0.25) is 5.91 Å². The molecule has 2 fully saturated rings. The number of carbonyl (C=O) groups excluding carboxylic acids is 4. The number of hydrogen-bond donors (Lipinski definition) is 2. The highest BCUT2D eigenvalue weighted by Gasteiger charge is 2.54. The number of esters is 1. The predicted octanol–water partition coefficient (Wildman–Crippen LogP) is 2.52. The van der Waals surface area contributed by atoms with E-state index < -0.39 is 53.3 Å². The number of rotatable bonds is 7. The first-order valence-electron chi connectivity index (χ1n) is 11.3. The molecule has 3 atom stereocenters. The smallest absolute Gasteiger partial charge is 0.417 e. The number of hydrogen-bond acceptors (Lipinski definition) is 8. The maximum atomic E-state index is 13.0. The first kappa shape index (κ1) is 25.5. The van der Waals surface area contributed by atoms with E-state index >= 15 is 0 Å². The average molecular weight is 477 g/mol. The molecule has 2 unspecified atom stereocenters. The van der Waals surface area contributed by atoms with Gasteiger partial charge in [0, 0.05) is 5.54 Å². The molecule has 3 amide bonds. The van der Waals surface area contributed by atoms with Crippen LogP contribution in [0.15, 0.2) is 30.3 Å². The van der Waals surface area contributed by atoms with Crippen molar-refractivity contribution in [2.45, 2.75) is 76.3 Å². The Balaban J connectivity index is 1.62. The molecule has 1 heterocycles. The highest BCUT2D eigenvalue weighted by atomic mass is 16.6. The van der Waals surface area contributed by atoms with Crippen LogP contribution in [0.4, 0.5) is 9.59 Å². The molecule has 1 aliphatic heterocycles.